The van der Waals surface area contributed by atoms with Crippen molar-refractivity contribution in [1.29, 1.82) is 0 Å². The molecular formula is C42H28N2OS. The summed E-state index contributed by atoms with van der Waals surface area (Å²) in [4.78, 5) is 4.63. The number of nitrogens with zero attached hydrogens (tertiary/aromatic N) is 2. The van der Waals surface area contributed by atoms with Crippen LogP contribution in [0.15, 0.2) is 174 Å². The molecule has 0 radical (unpaired) electrons. The minimum atomic E-state index is 0.852. The van der Waals surface area contributed by atoms with Gasteiger partial charge in [0.15, 0.2) is 5.58 Å². The lowest BCUT2D eigenvalue weighted by atomic mass is 10.1. The predicted octanol–water partition coefficient (Wildman–Crippen LogP) is 12.9. The Morgan fingerprint density at radius 2 is 0.935 bits per heavy atom. The molecule has 0 atom stereocenters. The average Bonchev–Trinajstić information content (AvgIpc) is 3.69. The van der Waals surface area contributed by atoms with Crippen molar-refractivity contribution in [1.82, 2.24) is 0 Å². The molecule has 0 aliphatic carbocycles. The summed E-state index contributed by atoms with van der Waals surface area (Å²) in [6.45, 7) is 0. The summed E-state index contributed by atoms with van der Waals surface area (Å²) >= 11 is 1.84. The number of anilines is 6. The van der Waals surface area contributed by atoms with Crippen LogP contribution in [0.5, 0.6) is 0 Å². The summed E-state index contributed by atoms with van der Waals surface area (Å²) in [5, 5.41) is 4.75. The molecule has 0 bridgehead atoms. The Labute approximate surface area is 270 Å². The molecule has 218 valence electrons. The summed E-state index contributed by atoms with van der Waals surface area (Å²) < 4.78 is 9.39. The number of thiophene rings is 1. The van der Waals surface area contributed by atoms with E-state index in [1.807, 2.05) is 11.3 Å². The first-order valence-electron chi connectivity index (χ1n) is 15.4. The third kappa shape index (κ3) is 4.34. The molecule has 2 aromatic heterocycles. The molecule has 9 rings (SSSR count). The van der Waals surface area contributed by atoms with Crippen LogP contribution in [0, 0.1) is 0 Å². The van der Waals surface area contributed by atoms with Crippen LogP contribution in [0.1, 0.15) is 0 Å². The van der Waals surface area contributed by atoms with Crippen LogP contribution in [0.25, 0.3) is 42.1 Å². The van der Waals surface area contributed by atoms with Gasteiger partial charge in [-0.15, -0.1) is 11.3 Å². The number of hydrogen-bond acceptors (Lipinski definition) is 4. The second kappa shape index (κ2) is 11.0. The molecule has 0 saturated carbocycles. The maximum absolute atomic E-state index is 6.81. The van der Waals surface area contributed by atoms with Gasteiger partial charge in [0.1, 0.15) is 5.58 Å². The van der Waals surface area contributed by atoms with Crippen molar-refractivity contribution < 1.29 is 4.42 Å². The minimum Gasteiger partial charge on any atom is -0.454 e. The second-order valence-corrected chi connectivity index (χ2v) is 12.4. The molecule has 0 unspecified atom stereocenters. The monoisotopic (exact) mass is 608 g/mol. The Morgan fingerprint density at radius 1 is 0.391 bits per heavy atom. The van der Waals surface area contributed by atoms with E-state index in [0.717, 1.165) is 56.1 Å². The van der Waals surface area contributed by atoms with Crippen LogP contribution in [0.3, 0.4) is 0 Å². The van der Waals surface area contributed by atoms with Gasteiger partial charge in [-0.3, -0.25) is 0 Å². The fourth-order valence-electron chi connectivity index (χ4n) is 6.62. The van der Waals surface area contributed by atoms with Crippen LogP contribution >= 0.6 is 11.3 Å². The van der Waals surface area contributed by atoms with E-state index in [1.165, 1.54) is 20.2 Å². The van der Waals surface area contributed by atoms with Gasteiger partial charge in [-0.1, -0.05) is 97.1 Å². The Balaban J connectivity index is 1.29. The molecule has 0 spiro atoms. The van der Waals surface area contributed by atoms with Crippen molar-refractivity contribution in [3.63, 3.8) is 0 Å². The van der Waals surface area contributed by atoms with Gasteiger partial charge >= 0.3 is 0 Å². The van der Waals surface area contributed by atoms with E-state index in [4.69, 9.17) is 4.42 Å². The lowest BCUT2D eigenvalue weighted by Gasteiger charge is -2.26. The summed E-state index contributed by atoms with van der Waals surface area (Å²) in [6, 6.07) is 59.9. The fourth-order valence-corrected chi connectivity index (χ4v) is 7.76. The van der Waals surface area contributed by atoms with Crippen LogP contribution in [0.2, 0.25) is 0 Å². The fraction of sp³-hybridized carbons (Fsp3) is 0. The first-order valence-corrected chi connectivity index (χ1v) is 16.3. The molecule has 2 heterocycles. The number of fused-ring (bicyclic) bond motifs is 6. The molecule has 4 heteroatoms. The Bertz CT molecular complexity index is 2440. The normalized spacial score (nSPS) is 11.5. The smallest absolute Gasteiger partial charge is 0.159 e. The Morgan fingerprint density at radius 3 is 1.63 bits per heavy atom. The summed E-state index contributed by atoms with van der Waals surface area (Å²) in [5.41, 5.74) is 8.13. The van der Waals surface area contributed by atoms with Crippen molar-refractivity contribution in [2.45, 2.75) is 0 Å². The van der Waals surface area contributed by atoms with Crippen molar-refractivity contribution >= 4 is 87.6 Å². The van der Waals surface area contributed by atoms with E-state index in [-0.39, 0.29) is 0 Å². The maximum Gasteiger partial charge on any atom is 0.159 e. The zero-order valence-corrected chi connectivity index (χ0v) is 25.7. The largest absolute Gasteiger partial charge is 0.454 e. The van der Waals surface area contributed by atoms with E-state index in [2.05, 4.69) is 180 Å². The van der Waals surface area contributed by atoms with Crippen LogP contribution in [0.4, 0.5) is 34.1 Å². The summed E-state index contributed by atoms with van der Waals surface area (Å²) in [6.07, 6.45) is 0. The third-order valence-corrected chi connectivity index (χ3v) is 9.76. The van der Waals surface area contributed by atoms with Gasteiger partial charge in [0, 0.05) is 48.3 Å². The highest BCUT2D eigenvalue weighted by Crippen LogP contribution is 2.47. The predicted molar refractivity (Wildman–Crippen MR) is 196 cm³/mol. The Kier molecular flexibility index (Phi) is 6.32. The summed E-state index contributed by atoms with van der Waals surface area (Å²) in [5.74, 6) is 0. The molecule has 0 fully saturated rings. The highest BCUT2D eigenvalue weighted by atomic mass is 32.1. The Hall–Kier alpha value is -5.84. The molecule has 0 N–H and O–H groups in total. The number of rotatable bonds is 6. The van der Waals surface area contributed by atoms with Gasteiger partial charge in [-0.2, -0.15) is 0 Å². The molecule has 0 aliphatic heterocycles. The van der Waals surface area contributed by atoms with Gasteiger partial charge in [0.25, 0.3) is 0 Å². The van der Waals surface area contributed by atoms with Gasteiger partial charge in [-0.05, 0) is 72.8 Å². The summed E-state index contributed by atoms with van der Waals surface area (Å²) in [7, 11) is 0. The molecule has 0 amide bonds. The van der Waals surface area contributed by atoms with Crippen molar-refractivity contribution in [3.8, 4) is 0 Å². The molecule has 3 nitrogen and oxygen atoms in total. The zero-order valence-electron chi connectivity index (χ0n) is 24.9. The quantitative estimate of drug-likeness (QED) is 0.187. The van der Waals surface area contributed by atoms with E-state index in [0.29, 0.717) is 0 Å². The van der Waals surface area contributed by atoms with Gasteiger partial charge in [0.2, 0.25) is 0 Å². The second-order valence-electron chi connectivity index (χ2n) is 11.4. The molecule has 7 aromatic carbocycles. The third-order valence-electron chi connectivity index (χ3n) is 8.63. The number of hydrogen-bond donors (Lipinski definition) is 0. The van der Waals surface area contributed by atoms with Gasteiger partial charge in [0.05, 0.1) is 16.8 Å². The number of furan rings is 1. The zero-order chi connectivity index (χ0) is 30.5. The number of para-hydroxylation sites is 4. The van der Waals surface area contributed by atoms with Crippen LogP contribution in [-0.2, 0) is 0 Å². The van der Waals surface area contributed by atoms with E-state index >= 15 is 0 Å². The first-order chi connectivity index (χ1) is 22.8. The van der Waals surface area contributed by atoms with E-state index in [9.17, 15) is 0 Å². The van der Waals surface area contributed by atoms with Crippen molar-refractivity contribution in [2.75, 3.05) is 9.80 Å². The molecular weight excluding hydrogens is 581 g/mol. The van der Waals surface area contributed by atoms with E-state index in [1.54, 1.807) is 0 Å². The average molecular weight is 609 g/mol. The maximum atomic E-state index is 6.81. The van der Waals surface area contributed by atoms with Crippen LogP contribution < -0.4 is 9.80 Å². The van der Waals surface area contributed by atoms with Crippen LogP contribution in [-0.4, -0.2) is 0 Å². The highest BCUT2D eigenvalue weighted by Gasteiger charge is 2.23. The van der Waals surface area contributed by atoms with Gasteiger partial charge < -0.3 is 14.2 Å². The lowest BCUT2D eigenvalue weighted by Crippen LogP contribution is -2.10. The SMILES string of the molecule is c1ccc(N(c2ccccc2)c2cccc3c2oc2cccc(N(c4ccccc4)c4ccc5c(c4)sc4ccccc45)c23)cc1. The minimum absolute atomic E-state index is 0.852. The molecule has 0 aliphatic rings. The molecule has 46 heavy (non-hydrogen) atoms. The number of benzene rings is 7. The molecule has 0 saturated heterocycles. The van der Waals surface area contributed by atoms with Crippen molar-refractivity contribution in [3.05, 3.63) is 170 Å². The lowest BCUT2D eigenvalue weighted by molar-refractivity contribution is 0.669. The van der Waals surface area contributed by atoms with Gasteiger partial charge in [-0.25, -0.2) is 0 Å². The highest BCUT2D eigenvalue weighted by molar-refractivity contribution is 7.25. The van der Waals surface area contributed by atoms with Crippen molar-refractivity contribution in [2.24, 2.45) is 0 Å². The molecule has 9 aromatic rings. The first kappa shape index (κ1) is 26.6. The standard InChI is InChI=1S/C42H28N2OS/c1-4-14-29(15-5-1)43(30-16-6-2-7-17-30)37-23-12-21-35-41-36(22-13-24-38(41)45-42(35)37)44(31-18-8-3-9-19-31)32-26-27-34-33-20-10-11-25-39(33)46-40(34)28-32/h1-28H. The van der Waals surface area contributed by atoms with E-state index < -0.39 is 0 Å². The topological polar surface area (TPSA) is 19.6 Å².